The lowest BCUT2D eigenvalue weighted by molar-refractivity contribution is -0.121. The van der Waals surface area contributed by atoms with Crippen LogP contribution in [0.4, 0.5) is 5.69 Å². The Morgan fingerprint density at radius 2 is 2.10 bits per heavy atom. The molecule has 0 bridgehead atoms. The normalized spacial score (nSPS) is 11.8. The van der Waals surface area contributed by atoms with Crippen LogP contribution < -0.4 is 16.0 Å². The number of carbonyl (C=O) groups is 2. The number of nitrogens with one attached hydrogen (secondary N) is 3. The second kappa shape index (κ2) is 9.10. The SMILES string of the molecule is COCCNCC(=O)NC(C)c1cccc(NC(C)=O)c1. The zero-order valence-corrected chi connectivity index (χ0v) is 12.7. The van der Waals surface area contributed by atoms with Gasteiger partial charge in [0.05, 0.1) is 19.2 Å². The summed E-state index contributed by atoms with van der Waals surface area (Å²) in [7, 11) is 1.62. The van der Waals surface area contributed by atoms with Gasteiger partial charge in [-0.3, -0.25) is 9.59 Å². The van der Waals surface area contributed by atoms with E-state index in [-0.39, 0.29) is 24.4 Å². The van der Waals surface area contributed by atoms with Gasteiger partial charge < -0.3 is 20.7 Å². The molecule has 6 nitrogen and oxygen atoms in total. The summed E-state index contributed by atoms with van der Waals surface area (Å²) in [6.07, 6.45) is 0. The molecule has 0 radical (unpaired) electrons. The third kappa shape index (κ3) is 6.87. The Labute approximate surface area is 125 Å². The van der Waals surface area contributed by atoms with Crippen LogP contribution in [0.15, 0.2) is 24.3 Å². The van der Waals surface area contributed by atoms with Gasteiger partial charge >= 0.3 is 0 Å². The molecule has 0 aliphatic rings. The van der Waals surface area contributed by atoms with Crippen molar-refractivity contribution in [3.05, 3.63) is 29.8 Å². The minimum atomic E-state index is -0.129. The molecule has 21 heavy (non-hydrogen) atoms. The molecule has 6 heteroatoms. The molecule has 0 aliphatic carbocycles. The van der Waals surface area contributed by atoms with Crippen molar-refractivity contribution in [3.8, 4) is 0 Å². The first-order chi connectivity index (χ1) is 10.0. The lowest BCUT2D eigenvalue weighted by atomic mass is 10.1. The highest BCUT2D eigenvalue weighted by molar-refractivity contribution is 5.88. The maximum atomic E-state index is 11.8. The molecule has 1 atom stereocenters. The van der Waals surface area contributed by atoms with Gasteiger partial charge in [-0.1, -0.05) is 12.1 Å². The number of carbonyl (C=O) groups excluding carboxylic acids is 2. The van der Waals surface area contributed by atoms with E-state index in [4.69, 9.17) is 4.74 Å². The van der Waals surface area contributed by atoms with Crippen molar-refractivity contribution in [1.82, 2.24) is 10.6 Å². The van der Waals surface area contributed by atoms with Crippen molar-refractivity contribution in [2.24, 2.45) is 0 Å². The van der Waals surface area contributed by atoms with Gasteiger partial charge in [0.25, 0.3) is 0 Å². The standard InChI is InChI=1S/C15H23N3O3/c1-11(17-15(20)10-16-7-8-21-3)13-5-4-6-14(9-13)18-12(2)19/h4-6,9,11,16H,7-8,10H2,1-3H3,(H,17,20)(H,18,19). The van der Waals surface area contributed by atoms with Crippen LogP contribution >= 0.6 is 0 Å². The zero-order valence-electron chi connectivity index (χ0n) is 12.7. The Balaban J connectivity index is 2.49. The van der Waals surface area contributed by atoms with Crippen molar-refractivity contribution in [2.45, 2.75) is 19.9 Å². The predicted molar refractivity (Wildman–Crippen MR) is 82.0 cm³/mol. The van der Waals surface area contributed by atoms with Crippen LogP contribution in [0.3, 0.4) is 0 Å². The molecule has 0 saturated heterocycles. The third-order valence-electron chi connectivity index (χ3n) is 2.85. The molecule has 2 amide bonds. The van der Waals surface area contributed by atoms with Crippen molar-refractivity contribution in [3.63, 3.8) is 0 Å². The molecular formula is C15H23N3O3. The predicted octanol–water partition coefficient (Wildman–Crippen LogP) is 1.06. The van der Waals surface area contributed by atoms with Crippen molar-refractivity contribution in [2.75, 3.05) is 32.1 Å². The molecule has 0 heterocycles. The summed E-state index contributed by atoms with van der Waals surface area (Å²) in [5, 5.41) is 8.61. The van der Waals surface area contributed by atoms with E-state index < -0.39 is 0 Å². The monoisotopic (exact) mass is 293 g/mol. The quantitative estimate of drug-likeness (QED) is 0.626. The van der Waals surface area contributed by atoms with Gasteiger partial charge in [0.2, 0.25) is 11.8 Å². The Kier molecular flexibility index (Phi) is 7.42. The van der Waals surface area contributed by atoms with Crippen LogP contribution in [-0.2, 0) is 14.3 Å². The van der Waals surface area contributed by atoms with Gasteiger partial charge in [-0.2, -0.15) is 0 Å². The highest BCUT2D eigenvalue weighted by atomic mass is 16.5. The Hall–Kier alpha value is -1.92. The summed E-state index contributed by atoms with van der Waals surface area (Å²) in [4.78, 5) is 22.8. The van der Waals surface area contributed by atoms with Crippen LogP contribution in [0.2, 0.25) is 0 Å². The molecule has 0 spiro atoms. The maximum absolute atomic E-state index is 11.8. The number of anilines is 1. The molecule has 116 valence electrons. The minimum Gasteiger partial charge on any atom is -0.383 e. The van der Waals surface area contributed by atoms with Crippen LogP contribution in [0.5, 0.6) is 0 Å². The van der Waals surface area contributed by atoms with Crippen molar-refractivity contribution < 1.29 is 14.3 Å². The summed E-state index contributed by atoms with van der Waals surface area (Å²) in [5.74, 6) is -0.199. The van der Waals surface area contributed by atoms with Gasteiger partial charge in [-0.15, -0.1) is 0 Å². The van der Waals surface area contributed by atoms with Crippen LogP contribution in [0.1, 0.15) is 25.5 Å². The van der Waals surface area contributed by atoms with Gasteiger partial charge in [0.1, 0.15) is 0 Å². The number of methoxy groups -OCH3 is 1. The topological polar surface area (TPSA) is 79.5 Å². The fourth-order valence-electron chi connectivity index (χ4n) is 1.84. The van der Waals surface area contributed by atoms with Crippen molar-refractivity contribution in [1.29, 1.82) is 0 Å². The van der Waals surface area contributed by atoms with E-state index in [1.807, 2.05) is 31.2 Å². The van der Waals surface area contributed by atoms with Crippen LogP contribution in [-0.4, -0.2) is 38.6 Å². The molecule has 1 rings (SSSR count). The number of amides is 2. The highest BCUT2D eigenvalue weighted by Gasteiger charge is 2.09. The van der Waals surface area contributed by atoms with E-state index in [1.165, 1.54) is 6.92 Å². The first-order valence-electron chi connectivity index (χ1n) is 6.89. The molecule has 1 aromatic carbocycles. The number of hydrogen-bond donors (Lipinski definition) is 3. The summed E-state index contributed by atoms with van der Waals surface area (Å²) in [6.45, 7) is 4.82. The third-order valence-corrected chi connectivity index (χ3v) is 2.85. The number of ether oxygens (including phenoxy) is 1. The lowest BCUT2D eigenvalue weighted by Gasteiger charge is -2.15. The smallest absolute Gasteiger partial charge is 0.234 e. The lowest BCUT2D eigenvalue weighted by Crippen LogP contribution is -2.36. The van der Waals surface area contributed by atoms with Gasteiger partial charge in [0, 0.05) is 26.3 Å². The second-order valence-corrected chi connectivity index (χ2v) is 4.77. The molecule has 0 saturated carbocycles. The molecular weight excluding hydrogens is 270 g/mol. The van der Waals surface area contributed by atoms with E-state index in [1.54, 1.807) is 7.11 Å². The molecule has 3 N–H and O–H groups in total. The number of benzene rings is 1. The first kappa shape index (κ1) is 17.1. The summed E-state index contributed by atoms with van der Waals surface area (Å²) < 4.78 is 4.89. The fourth-order valence-corrected chi connectivity index (χ4v) is 1.84. The fraction of sp³-hybridized carbons (Fsp3) is 0.467. The molecule has 1 aromatic rings. The van der Waals surface area contributed by atoms with Crippen molar-refractivity contribution >= 4 is 17.5 Å². The van der Waals surface area contributed by atoms with E-state index in [9.17, 15) is 9.59 Å². The Morgan fingerprint density at radius 3 is 2.76 bits per heavy atom. The largest absolute Gasteiger partial charge is 0.383 e. The van der Waals surface area contributed by atoms with Crippen LogP contribution in [0, 0.1) is 0 Å². The average molecular weight is 293 g/mol. The van der Waals surface area contributed by atoms with Gasteiger partial charge in [-0.25, -0.2) is 0 Å². The summed E-state index contributed by atoms with van der Waals surface area (Å²) in [6, 6.07) is 7.29. The average Bonchev–Trinajstić information content (AvgIpc) is 2.43. The molecule has 0 aliphatic heterocycles. The van der Waals surface area contributed by atoms with E-state index >= 15 is 0 Å². The van der Waals surface area contributed by atoms with Crippen LogP contribution in [0.25, 0.3) is 0 Å². The summed E-state index contributed by atoms with van der Waals surface area (Å²) >= 11 is 0. The van der Waals surface area contributed by atoms with Gasteiger partial charge in [-0.05, 0) is 24.6 Å². The number of rotatable bonds is 8. The Bertz CT molecular complexity index is 477. The van der Waals surface area contributed by atoms with Gasteiger partial charge in [0.15, 0.2) is 0 Å². The molecule has 1 unspecified atom stereocenters. The highest BCUT2D eigenvalue weighted by Crippen LogP contribution is 2.17. The minimum absolute atomic E-state index is 0.0801. The van der Waals surface area contributed by atoms with E-state index in [2.05, 4.69) is 16.0 Å². The number of hydrogen-bond acceptors (Lipinski definition) is 4. The molecule has 0 fully saturated rings. The first-order valence-corrected chi connectivity index (χ1v) is 6.89. The van der Waals surface area contributed by atoms with E-state index in [0.717, 1.165) is 11.3 Å². The second-order valence-electron chi connectivity index (χ2n) is 4.77. The maximum Gasteiger partial charge on any atom is 0.234 e. The molecule has 0 aromatic heterocycles. The van der Waals surface area contributed by atoms with E-state index in [0.29, 0.717) is 13.2 Å². The Morgan fingerprint density at radius 1 is 1.33 bits per heavy atom. The summed E-state index contributed by atoms with van der Waals surface area (Å²) in [5.41, 5.74) is 1.66. The zero-order chi connectivity index (χ0) is 15.7.